The maximum absolute atomic E-state index is 10.0. The van der Waals surface area contributed by atoms with Crippen molar-refractivity contribution in [1.82, 2.24) is 10.2 Å². The van der Waals surface area contributed by atoms with Gasteiger partial charge in [-0.2, -0.15) is 0 Å². The van der Waals surface area contributed by atoms with Crippen LogP contribution in [-0.4, -0.2) is 43.3 Å². The summed E-state index contributed by atoms with van der Waals surface area (Å²) in [6.45, 7) is 6.29. The lowest BCUT2D eigenvalue weighted by Crippen LogP contribution is -2.45. The number of hydrogen-bond acceptors (Lipinski definition) is 4. The zero-order valence-electron chi connectivity index (χ0n) is 11.7. The molecule has 1 saturated heterocycles. The van der Waals surface area contributed by atoms with E-state index in [0.29, 0.717) is 16.3 Å². The number of phenols is 1. The maximum atomic E-state index is 10.0. The largest absolute Gasteiger partial charge is 0.503 e. The molecule has 1 aliphatic rings. The summed E-state index contributed by atoms with van der Waals surface area (Å²) in [5.74, 6) is 0.641. The van der Waals surface area contributed by atoms with Gasteiger partial charge in [-0.1, -0.05) is 6.92 Å². The third-order valence-corrected chi connectivity index (χ3v) is 5.89. The standard InChI is InChI=1S/C14H20Br2N2O2/c1-3-10(18-6-4-17-5-7-18)9-8-11(20-2)14(19)13(16)12(9)15/h8,10,17,19H,3-7H2,1-2H3/t10-/m1/s1. The van der Waals surface area contributed by atoms with Crippen LogP contribution in [0, 0.1) is 0 Å². The molecule has 6 heteroatoms. The van der Waals surface area contributed by atoms with E-state index in [4.69, 9.17) is 4.74 Å². The van der Waals surface area contributed by atoms with E-state index in [9.17, 15) is 5.11 Å². The number of methoxy groups -OCH3 is 1. The van der Waals surface area contributed by atoms with E-state index in [2.05, 4.69) is 49.0 Å². The second-order valence-corrected chi connectivity index (χ2v) is 6.44. The maximum Gasteiger partial charge on any atom is 0.173 e. The van der Waals surface area contributed by atoms with Gasteiger partial charge in [0.25, 0.3) is 0 Å². The fourth-order valence-corrected chi connectivity index (χ4v) is 3.67. The first-order chi connectivity index (χ1) is 9.60. The summed E-state index contributed by atoms with van der Waals surface area (Å²) in [6.07, 6.45) is 1.01. The van der Waals surface area contributed by atoms with Crippen molar-refractivity contribution >= 4 is 31.9 Å². The number of benzene rings is 1. The Morgan fingerprint density at radius 2 is 2.00 bits per heavy atom. The summed E-state index contributed by atoms with van der Waals surface area (Å²) in [5.41, 5.74) is 1.15. The van der Waals surface area contributed by atoms with Crippen molar-refractivity contribution in [3.05, 3.63) is 20.6 Å². The van der Waals surface area contributed by atoms with Crippen molar-refractivity contribution < 1.29 is 9.84 Å². The molecule has 112 valence electrons. The molecule has 0 unspecified atom stereocenters. The van der Waals surface area contributed by atoms with Gasteiger partial charge in [-0.05, 0) is 49.9 Å². The van der Waals surface area contributed by atoms with E-state index >= 15 is 0 Å². The number of nitrogens with zero attached hydrogens (tertiary/aromatic N) is 1. The molecule has 1 heterocycles. The number of aromatic hydroxyl groups is 1. The van der Waals surface area contributed by atoms with Crippen LogP contribution >= 0.6 is 31.9 Å². The van der Waals surface area contributed by atoms with Crippen molar-refractivity contribution in [2.24, 2.45) is 0 Å². The summed E-state index contributed by atoms with van der Waals surface area (Å²) in [7, 11) is 1.57. The molecule has 1 atom stereocenters. The Morgan fingerprint density at radius 1 is 1.35 bits per heavy atom. The Balaban J connectivity index is 2.40. The van der Waals surface area contributed by atoms with Crippen molar-refractivity contribution in [2.45, 2.75) is 19.4 Å². The van der Waals surface area contributed by atoms with Crippen LogP contribution < -0.4 is 10.1 Å². The molecule has 1 aromatic carbocycles. The van der Waals surface area contributed by atoms with Crippen LogP contribution in [0.3, 0.4) is 0 Å². The van der Waals surface area contributed by atoms with Gasteiger partial charge in [0.1, 0.15) is 0 Å². The van der Waals surface area contributed by atoms with Gasteiger partial charge in [0.2, 0.25) is 0 Å². The number of phenolic OH excluding ortho intramolecular Hbond substituents is 1. The van der Waals surface area contributed by atoms with Gasteiger partial charge in [-0.25, -0.2) is 0 Å². The number of piperazine rings is 1. The molecule has 1 fully saturated rings. The summed E-state index contributed by atoms with van der Waals surface area (Å²) < 4.78 is 6.83. The molecule has 1 aliphatic heterocycles. The Labute approximate surface area is 136 Å². The smallest absolute Gasteiger partial charge is 0.173 e. The normalized spacial score (nSPS) is 18.0. The second kappa shape index (κ2) is 7.11. The third-order valence-electron chi connectivity index (χ3n) is 3.73. The highest BCUT2D eigenvalue weighted by Crippen LogP contribution is 2.45. The van der Waals surface area contributed by atoms with Crippen LogP contribution in [0.25, 0.3) is 0 Å². The monoisotopic (exact) mass is 406 g/mol. The number of nitrogens with one attached hydrogen (secondary N) is 1. The SMILES string of the molecule is CC[C@H](c1cc(OC)c(O)c(Br)c1Br)N1CCNCC1. The molecule has 0 spiro atoms. The van der Waals surface area contributed by atoms with Crippen LogP contribution in [-0.2, 0) is 0 Å². The third kappa shape index (κ3) is 3.13. The summed E-state index contributed by atoms with van der Waals surface area (Å²) in [5, 5.41) is 13.4. The molecule has 0 saturated carbocycles. The molecule has 2 N–H and O–H groups in total. The number of hydrogen-bond donors (Lipinski definition) is 2. The zero-order chi connectivity index (χ0) is 14.7. The number of ether oxygens (including phenoxy) is 1. The predicted octanol–water partition coefficient (Wildman–Crippen LogP) is 3.28. The van der Waals surface area contributed by atoms with Gasteiger partial charge >= 0.3 is 0 Å². The van der Waals surface area contributed by atoms with Crippen LogP contribution in [0.4, 0.5) is 0 Å². The minimum atomic E-state index is 0.137. The molecule has 0 aromatic heterocycles. The topological polar surface area (TPSA) is 44.7 Å². The fourth-order valence-electron chi connectivity index (χ4n) is 2.68. The molecule has 0 amide bonds. The van der Waals surface area contributed by atoms with E-state index in [0.717, 1.165) is 42.6 Å². The Kier molecular flexibility index (Phi) is 5.72. The lowest BCUT2D eigenvalue weighted by molar-refractivity contribution is 0.168. The van der Waals surface area contributed by atoms with Crippen LogP contribution in [0.5, 0.6) is 11.5 Å². The fraction of sp³-hybridized carbons (Fsp3) is 0.571. The lowest BCUT2D eigenvalue weighted by atomic mass is 10.0. The van der Waals surface area contributed by atoms with Gasteiger partial charge in [0.15, 0.2) is 11.5 Å². The molecule has 4 nitrogen and oxygen atoms in total. The highest BCUT2D eigenvalue weighted by atomic mass is 79.9. The van der Waals surface area contributed by atoms with Gasteiger partial charge in [-0.3, -0.25) is 4.90 Å². The number of rotatable bonds is 4. The molecule has 2 rings (SSSR count). The van der Waals surface area contributed by atoms with E-state index in [1.54, 1.807) is 7.11 Å². The summed E-state index contributed by atoms with van der Waals surface area (Å²) >= 11 is 7.03. The Bertz CT molecular complexity index is 477. The minimum absolute atomic E-state index is 0.137. The minimum Gasteiger partial charge on any atom is -0.503 e. The first kappa shape index (κ1) is 16.1. The molecule has 20 heavy (non-hydrogen) atoms. The van der Waals surface area contributed by atoms with Gasteiger partial charge in [-0.15, -0.1) is 0 Å². The van der Waals surface area contributed by atoms with E-state index in [1.165, 1.54) is 0 Å². The summed E-state index contributed by atoms with van der Waals surface area (Å²) in [6, 6.07) is 2.25. The quantitative estimate of drug-likeness (QED) is 0.803. The first-order valence-electron chi connectivity index (χ1n) is 6.79. The van der Waals surface area contributed by atoms with Crippen molar-refractivity contribution in [2.75, 3.05) is 33.3 Å². The first-order valence-corrected chi connectivity index (χ1v) is 8.38. The van der Waals surface area contributed by atoms with Crippen molar-refractivity contribution in [3.8, 4) is 11.5 Å². The van der Waals surface area contributed by atoms with E-state index < -0.39 is 0 Å². The van der Waals surface area contributed by atoms with Gasteiger partial charge < -0.3 is 15.2 Å². The van der Waals surface area contributed by atoms with Crippen LogP contribution in [0.2, 0.25) is 0 Å². The number of halogens is 2. The van der Waals surface area contributed by atoms with Crippen molar-refractivity contribution in [3.63, 3.8) is 0 Å². The van der Waals surface area contributed by atoms with Gasteiger partial charge in [0.05, 0.1) is 11.6 Å². The Hall–Kier alpha value is -0.300. The average Bonchev–Trinajstić information content (AvgIpc) is 2.49. The van der Waals surface area contributed by atoms with Gasteiger partial charge in [0, 0.05) is 36.7 Å². The van der Waals surface area contributed by atoms with E-state index in [1.807, 2.05) is 6.07 Å². The second-order valence-electron chi connectivity index (χ2n) is 4.85. The molecule has 0 aliphatic carbocycles. The summed E-state index contributed by atoms with van der Waals surface area (Å²) in [4.78, 5) is 2.47. The molecule has 0 bridgehead atoms. The molecular weight excluding hydrogens is 388 g/mol. The van der Waals surface area contributed by atoms with Crippen LogP contribution in [0.15, 0.2) is 15.0 Å². The highest BCUT2D eigenvalue weighted by Gasteiger charge is 2.25. The Morgan fingerprint density at radius 3 is 2.55 bits per heavy atom. The highest BCUT2D eigenvalue weighted by molar-refractivity contribution is 9.13. The van der Waals surface area contributed by atoms with Crippen molar-refractivity contribution in [1.29, 1.82) is 0 Å². The molecule has 1 aromatic rings. The predicted molar refractivity (Wildman–Crippen MR) is 87.5 cm³/mol. The van der Waals surface area contributed by atoms with E-state index in [-0.39, 0.29) is 5.75 Å². The van der Waals surface area contributed by atoms with Crippen LogP contribution in [0.1, 0.15) is 24.9 Å². The lowest BCUT2D eigenvalue weighted by Gasteiger charge is -2.35. The molecule has 0 radical (unpaired) electrons. The molecular formula is C14H20Br2N2O2. The average molecular weight is 408 g/mol. The zero-order valence-corrected chi connectivity index (χ0v) is 14.9.